The van der Waals surface area contributed by atoms with Crippen molar-refractivity contribution in [3.8, 4) is 0 Å². The Kier molecular flexibility index (Phi) is 4.20. The van der Waals surface area contributed by atoms with E-state index in [0.29, 0.717) is 12.2 Å². The van der Waals surface area contributed by atoms with Gasteiger partial charge in [0, 0.05) is 25.4 Å². The number of benzene rings is 1. The molecule has 8 heteroatoms. The fraction of sp³-hybridized carbons (Fsp3) is 0.188. The molecule has 0 bridgehead atoms. The monoisotopic (exact) mass is 334 g/mol. The highest BCUT2D eigenvalue weighted by Crippen LogP contribution is 2.31. The minimum atomic E-state index is -4.60. The van der Waals surface area contributed by atoms with Gasteiger partial charge in [-0.3, -0.25) is 9.78 Å². The molecular weight excluding hydrogens is 321 g/mol. The van der Waals surface area contributed by atoms with Gasteiger partial charge in [0.05, 0.1) is 22.2 Å². The van der Waals surface area contributed by atoms with Gasteiger partial charge in [0.1, 0.15) is 5.82 Å². The van der Waals surface area contributed by atoms with Gasteiger partial charge >= 0.3 is 6.18 Å². The van der Waals surface area contributed by atoms with Gasteiger partial charge in [0.2, 0.25) is 0 Å². The summed E-state index contributed by atoms with van der Waals surface area (Å²) < 4.78 is 38.7. The third kappa shape index (κ3) is 3.37. The smallest absolute Gasteiger partial charge is 0.352 e. The number of halogens is 3. The highest BCUT2D eigenvalue weighted by Gasteiger charge is 2.35. The fourth-order valence-electron chi connectivity index (χ4n) is 2.34. The lowest BCUT2D eigenvalue weighted by molar-refractivity contribution is -0.138. The van der Waals surface area contributed by atoms with Crippen LogP contribution in [0.3, 0.4) is 0 Å². The molecule has 5 nitrogen and oxygen atoms in total. The van der Waals surface area contributed by atoms with Crippen molar-refractivity contribution in [1.29, 1.82) is 0 Å². The van der Waals surface area contributed by atoms with E-state index in [9.17, 15) is 18.0 Å². The van der Waals surface area contributed by atoms with E-state index in [1.165, 1.54) is 0 Å². The number of carbonyl (C=O) groups excluding carboxylic acids is 1. The molecule has 1 amide bonds. The van der Waals surface area contributed by atoms with E-state index in [0.717, 1.165) is 29.5 Å². The molecule has 0 radical (unpaired) electrons. The maximum absolute atomic E-state index is 12.9. The van der Waals surface area contributed by atoms with Gasteiger partial charge in [-0.1, -0.05) is 12.1 Å². The van der Waals surface area contributed by atoms with Crippen LogP contribution in [0.15, 0.2) is 42.7 Å². The number of aromatic nitrogens is 3. The number of carbonyl (C=O) groups is 1. The van der Waals surface area contributed by atoms with Crippen molar-refractivity contribution in [2.24, 2.45) is 0 Å². The molecule has 0 aliphatic rings. The van der Waals surface area contributed by atoms with Gasteiger partial charge in [-0.05, 0) is 18.2 Å². The van der Waals surface area contributed by atoms with Crippen LogP contribution in [0.2, 0.25) is 0 Å². The molecule has 2 aromatic heterocycles. The Labute approximate surface area is 134 Å². The van der Waals surface area contributed by atoms with Gasteiger partial charge in [-0.15, -0.1) is 0 Å². The maximum Gasteiger partial charge on any atom is 0.417 e. The molecule has 1 aromatic carbocycles. The van der Waals surface area contributed by atoms with Crippen LogP contribution in [0.1, 0.15) is 21.7 Å². The number of nitrogens with zero attached hydrogens (tertiary/aromatic N) is 2. The van der Waals surface area contributed by atoms with E-state index < -0.39 is 23.2 Å². The second kappa shape index (κ2) is 6.31. The molecule has 0 unspecified atom stereocenters. The van der Waals surface area contributed by atoms with Crippen molar-refractivity contribution in [1.82, 2.24) is 20.3 Å². The normalized spacial score (nSPS) is 11.6. The van der Waals surface area contributed by atoms with E-state index in [2.05, 4.69) is 20.3 Å². The molecule has 3 aromatic rings. The summed E-state index contributed by atoms with van der Waals surface area (Å²) in [7, 11) is 0. The van der Waals surface area contributed by atoms with Gasteiger partial charge in [-0.2, -0.15) is 13.2 Å². The molecular formula is C16H13F3N4O. The van der Waals surface area contributed by atoms with Crippen molar-refractivity contribution in [2.45, 2.75) is 12.6 Å². The Balaban J connectivity index is 1.66. The van der Waals surface area contributed by atoms with Crippen molar-refractivity contribution in [3.63, 3.8) is 0 Å². The Morgan fingerprint density at radius 1 is 1.21 bits per heavy atom. The number of pyridine rings is 1. The van der Waals surface area contributed by atoms with Crippen LogP contribution >= 0.6 is 0 Å². The fourth-order valence-corrected chi connectivity index (χ4v) is 2.34. The van der Waals surface area contributed by atoms with Crippen LogP contribution < -0.4 is 5.32 Å². The van der Waals surface area contributed by atoms with Gasteiger partial charge < -0.3 is 10.3 Å². The minimum absolute atomic E-state index is 0.158. The number of alkyl halides is 3. The van der Waals surface area contributed by atoms with E-state index in [4.69, 9.17) is 0 Å². The van der Waals surface area contributed by atoms with Crippen LogP contribution in [-0.2, 0) is 12.6 Å². The highest BCUT2D eigenvalue weighted by molar-refractivity contribution is 5.95. The maximum atomic E-state index is 12.9. The number of hydrogen-bond donors (Lipinski definition) is 2. The topological polar surface area (TPSA) is 70.7 Å². The summed E-state index contributed by atoms with van der Waals surface area (Å²) in [6.07, 6.45) is -2.30. The number of para-hydroxylation sites is 2. The second-order valence-corrected chi connectivity index (χ2v) is 5.13. The molecule has 0 spiro atoms. The zero-order valence-electron chi connectivity index (χ0n) is 12.4. The lowest BCUT2D eigenvalue weighted by atomic mass is 10.1. The average Bonchev–Trinajstić information content (AvgIpc) is 2.96. The summed E-state index contributed by atoms with van der Waals surface area (Å²) in [5.74, 6) is -0.162. The molecule has 2 N–H and O–H groups in total. The van der Waals surface area contributed by atoms with E-state index >= 15 is 0 Å². The molecule has 124 valence electrons. The quantitative estimate of drug-likeness (QED) is 0.771. The zero-order chi connectivity index (χ0) is 17.2. The first-order valence-corrected chi connectivity index (χ1v) is 7.18. The van der Waals surface area contributed by atoms with Crippen molar-refractivity contribution >= 4 is 16.9 Å². The van der Waals surface area contributed by atoms with Crippen LogP contribution in [0, 0.1) is 0 Å². The SMILES string of the molecule is O=C(NCCc1nc2ccccc2[nH]1)c1cnccc1C(F)(F)F. The van der Waals surface area contributed by atoms with Gasteiger partial charge in [0.25, 0.3) is 5.91 Å². The summed E-state index contributed by atoms with van der Waals surface area (Å²) in [6, 6.07) is 8.23. The van der Waals surface area contributed by atoms with Crippen LogP contribution in [0.25, 0.3) is 11.0 Å². The number of rotatable bonds is 4. The lowest BCUT2D eigenvalue weighted by Crippen LogP contribution is -2.28. The summed E-state index contributed by atoms with van der Waals surface area (Å²) in [4.78, 5) is 23.0. The molecule has 0 atom stereocenters. The molecule has 2 heterocycles. The number of aromatic amines is 1. The molecule has 0 saturated heterocycles. The predicted molar refractivity (Wildman–Crippen MR) is 81.4 cm³/mol. The number of nitrogens with one attached hydrogen (secondary N) is 2. The standard InChI is InChI=1S/C16H13F3N4O/c17-16(18,19)11-5-7-20-9-10(11)15(24)21-8-6-14-22-12-3-1-2-4-13(12)23-14/h1-5,7,9H,6,8H2,(H,21,24)(H,22,23). The van der Waals surface area contributed by atoms with Crippen LogP contribution in [0.4, 0.5) is 13.2 Å². The Hall–Kier alpha value is -2.90. The van der Waals surface area contributed by atoms with E-state index in [-0.39, 0.29) is 6.54 Å². The molecule has 0 saturated carbocycles. The molecule has 24 heavy (non-hydrogen) atoms. The molecule has 3 rings (SSSR count). The first kappa shape index (κ1) is 16.0. The van der Waals surface area contributed by atoms with Crippen molar-refractivity contribution < 1.29 is 18.0 Å². The number of imidazole rings is 1. The average molecular weight is 334 g/mol. The molecule has 0 aliphatic heterocycles. The summed E-state index contributed by atoms with van der Waals surface area (Å²) in [6.45, 7) is 0.158. The van der Waals surface area contributed by atoms with E-state index in [1.807, 2.05) is 24.3 Å². The third-order valence-corrected chi connectivity index (χ3v) is 3.46. The van der Waals surface area contributed by atoms with E-state index in [1.54, 1.807) is 0 Å². The van der Waals surface area contributed by atoms with Gasteiger partial charge in [-0.25, -0.2) is 4.98 Å². The van der Waals surface area contributed by atoms with Gasteiger partial charge in [0.15, 0.2) is 0 Å². The number of hydrogen-bond acceptors (Lipinski definition) is 3. The predicted octanol–water partition coefficient (Wildman–Crippen LogP) is 2.95. The highest BCUT2D eigenvalue weighted by atomic mass is 19.4. The zero-order valence-corrected chi connectivity index (χ0v) is 12.4. The largest absolute Gasteiger partial charge is 0.417 e. The van der Waals surface area contributed by atoms with Crippen LogP contribution in [0.5, 0.6) is 0 Å². The number of amides is 1. The first-order valence-electron chi connectivity index (χ1n) is 7.18. The van der Waals surface area contributed by atoms with Crippen LogP contribution in [-0.4, -0.2) is 27.4 Å². The summed E-state index contributed by atoms with van der Waals surface area (Å²) in [5.41, 5.74) is 0.171. The summed E-state index contributed by atoms with van der Waals surface area (Å²) in [5, 5.41) is 2.47. The molecule has 0 fully saturated rings. The molecule has 0 aliphatic carbocycles. The number of fused-ring (bicyclic) bond motifs is 1. The van der Waals surface area contributed by atoms with Crippen molar-refractivity contribution in [2.75, 3.05) is 6.54 Å². The Bertz CT molecular complexity index is 840. The third-order valence-electron chi connectivity index (χ3n) is 3.46. The van der Waals surface area contributed by atoms with Crippen molar-refractivity contribution in [3.05, 3.63) is 59.7 Å². The second-order valence-electron chi connectivity index (χ2n) is 5.13. The minimum Gasteiger partial charge on any atom is -0.352 e. The Morgan fingerprint density at radius 2 is 2.00 bits per heavy atom. The Morgan fingerprint density at radius 3 is 2.75 bits per heavy atom. The lowest BCUT2D eigenvalue weighted by Gasteiger charge is -2.11. The first-order chi connectivity index (χ1) is 11.4. The number of H-pyrrole nitrogens is 1. The summed E-state index contributed by atoms with van der Waals surface area (Å²) >= 11 is 0.